The van der Waals surface area contributed by atoms with E-state index in [2.05, 4.69) is 16.0 Å². The summed E-state index contributed by atoms with van der Waals surface area (Å²) in [5, 5.41) is 8.84. The van der Waals surface area contributed by atoms with E-state index >= 15 is 0 Å². The molecule has 6 heteroatoms. The lowest BCUT2D eigenvalue weighted by Gasteiger charge is -2.39. The minimum Gasteiger partial charge on any atom is -0.372 e. The molecule has 2 aliphatic heterocycles. The molecule has 128 valence electrons. The summed E-state index contributed by atoms with van der Waals surface area (Å²) in [7, 11) is 0. The second-order valence-electron chi connectivity index (χ2n) is 6.78. The van der Waals surface area contributed by atoms with Crippen molar-refractivity contribution in [3.63, 3.8) is 0 Å². The van der Waals surface area contributed by atoms with E-state index in [1.54, 1.807) is 12.3 Å². The Labute approximate surface area is 143 Å². The summed E-state index contributed by atoms with van der Waals surface area (Å²) in [5.41, 5.74) is 0.569. The topological polar surface area (TPSA) is 69.5 Å². The molecule has 1 aromatic rings. The van der Waals surface area contributed by atoms with Crippen LogP contribution in [0.2, 0.25) is 0 Å². The van der Waals surface area contributed by atoms with Gasteiger partial charge in [-0.1, -0.05) is 0 Å². The standard InChI is InChI=1S/C18H24N4O2/c1-13-11-22(12-14(2)24-13)18(23)16-5-7-21(8-6-16)17-4-3-15(9-19)10-20-17/h3-4,10,13-14,16H,5-8,11-12H2,1-2H3. The largest absolute Gasteiger partial charge is 0.372 e. The van der Waals surface area contributed by atoms with Gasteiger partial charge in [-0.25, -0.2) is 4.98 Å². The lowest BCUT2D eigenvalue weighted by atomic mass is 9.94. The molecule has 24 heavy (non-hydrogen) atoms. The van der Waals surface area contributed by atoms with E-state index < -0.39 is 0 Å². The molecule has 2 aliphatic rings. The first-order valence-electron chi connectivity index (χ1n) is 8.62. The number of hydrogen-bond acceptors (Lipinski definition) is 5. The zero-order valence-corrected chi connectivity index (χ0v) is 14.3. The summed E-state index contributed by atoms with van der Waals surface area (Å²) in [4.78, 5) is 21.3. The van der Waals surface area contributed by atoms with Crippen LogP contribution < -0.4 is 4.90 Å². The molecule has 3 heterocycles. The Kier molecular flexibility index (Phi) is 5.00. The summed E-state index contributed by atoms with van der Waals surface area (Å²) in [6, 6.07) is 5.75. The van der Waals surface area contributed by atoms with Crippen LogP contribution >= 0.6 is 0 Å². The van der Waals surface area contributed by atoms with Crippen molar-refractivity contribution in [3.8, 4) is 6.07 Å². The molecule has 0 radical (unpaired) electrons. The van der Waals surface area contributed by atoms with E-state index in [1.165, 1.54) is 0 Å². The number of anilines is 1. The maximum absolute atomic E-state index is 12.8. The Bertz CT molecular complexity index is 607. The lowest BCUT2D eigenvalue weighted by Crippen LogP contribution is -2.51. The molecule has 2 saturated heterocycles. The number of piperidine rings is 1. The number of pyridine rings is 1. The second kappa shape index (κ2) is 7.18. The summed E-state index contributed by atoms with van der Waals surface area (Å²) in [5.74, 6) is 1.25. The Morgan fingerprint density at radius 2 is 1.92 bits per heavy atom. The van der Waals surface area contributed by atoms with Crippen molar-refractivity contribution in [2.75, 3.05) is 31.1 Å². The van der Waals surface area contributed by atoms with Crippen LogP contribution in [-0.2, 0) is 9.53 Å². The van der Waals surface area contributed by atoms with Gasteiger partial charge in [0.15, 0.2) is 0 Å². The van der Waals surface area contributed by atoms with E-state index in [4.69, 9.17) is 10.00 Å². The quantitative estimate of drug-likeness (QED) is 0.828. The van der Waals surface area contributed by atoms with Gasteiger partial charge in [-0.2, -0.15) is 5.26 Å². The Hall–Kier alpha value is -2.13. The molecule has 2 unspecified atom stereocenters. The number of hydrogen-bond donors (Lipinski definition) is 0. The van der Waals surface area contributed by atoms with Crippen LogP contribution in [0.25, 0.3) is 0 Å². The highest BCUT2D eigenvalue weighted by Gasteiger charge is 2.32. The number of nitrogens with zero attached hydrogens (tertiary/aromatic N) is 4. The third-order valence-electron chi connectivity index (χ3n) is 4.78. The normalized spacial score (nSPS) is 25.4. The van der Waals surface area contributed by atoms with Crippen LogP contribution in [0.4, 0.5) is 5.82 Å². The summed E-state index contributed by atoms with van der Waals surface area (Å²) in [6.45, 7) is 7.08. The molecule has 0 N–H and O–H groups in total. The highest BCUT2D eigenvalue weighted by molar-refractivity contribution is 5.79. The van der Waals surface area contributed by atoms with Crippen LogP contribution in [0.1, 0.15) is 32.3 Å². The minimum absolute atomic E-state index is 0.0946. The highest BCUT2D eigenvalue weighted by atomic mass is 16.5. The van der Waals surface area contributed by atoms with Crippen molar-refractivity contribution in [1.29, 1.82) is 5.26 Å². The van der Waals surface area contributed by atoms with Gasteiger partial charge in [-0.15, -0.1) is 0 Å². The molecule has 0 aliphatic carbocycles. The zero-order chi connectivity index (χ0) is 17.1. The fraction of sp³-hybridized carbons (Fsp3) is 0.611. The van der Waals surface area contributed by atoms with Gasteiger partial charge in [0.05, 0.1) is 17.8 Å². The molecule has 0 bridgehead atoms. The molecule has 1 aromatic heterocycles. The van der Waals surface area contributed by atoms with Crippen molar-refractivity contribution >= 4 is 11.7 Å². The molecule has 0 saturated carbocycles. The van der Waals surface area contributed by atoms with Crippen LogP contribution in [-0.4, -0.2) is 54.2 Å². The van der Waals surface area contributed by atoms with Gasteiger partial charge in [0.2, 0.25) is 5.91 Å². The van der Waals surface area contributed by atoms with Gasteiger partial charge in [0.1, 0.15) is 11.9 Å². The van der Waals surface area contributed by atoms with Crippen molar-refractivity contribution in [2.24, 2.45) is 5.92 Å². The molecule has 0 aromatic carbocycles. The van der Waals surface area contributed by atoms with E-state index in [1.807, 2.05) is 24.8 Å². The molecule has 3 rings (SSSR count). The van der Waals surface area contributed by atoms with Gasteiger partial charge in [0.25, 0.3) is 0 Å². The molecule has 2 atom stereocenters. The fourth-order valence-electron chi connectivity index (χ4n) is 3.61. The maximum Gasteiger partial charge on any atom is 0.225 e. The fourth-order valence-corrected chi connectivity index (χ4v) is 3.61. The smallest absolute Gasteiger partial charge is 0.225 e. The molecular formula is C18H24N4O2. The summed E-state index contributed by atoms with van der Waals surface area (Å²) >= 11 is 0. The molecule has 1 amide bonds. The first kappa shape index (κ1) is 16.7. The average molecular weight is 328 g/mol. The third-order valence-corrected chi connectivity index (χ3v) is 4.78. The summed E-state index contributed by atoms with van der Waals surface area (Å²) < 4.78 is 5.71. The number of rotatable bonds is 2. The van der Waals surface area contributed by atoms with Gasteiger partial charge in [0, 0.05) is 38.3 Å². The predicted molar refractivity (Wildman–Crippen MR) is 90.5 cm³/mol. The Morgan fingerprint density at radius 1 is 1.25 bits per heavy atom. The van der Waals surface area contributed by atoms with Gasteiger partial charge in [-0.3, -0.25) is 4.79 Å². The van der Waals surface area contributed by atoms with Crippen LogP contribution in [0.3, 0.4) is 0 Å². The first-order valence-corrected chi connectivity index (χ1v) is 8.62. The zero-order valence-electron chi connectivity index (χ0n) is 14.3. The number of carbonyl (C=O) groups is 1. The van der Waals surface area contributed by atoms with E-state index in [9.17, 15) is 4.79 Å². The van der Waals surface area contributed by atoms with E-state index in [0.29, 0.717) is 18.7 Å². The lowest BCUT2D eigenvalue weighted by molar-refractivity contribution is -0.148. The second-order valence-corrected chi connectivity index (χ2v) is 6.78. The van der Waals surface area contributed by atoms with Crippen molar-refractivity contribution in [3.05, 3.63) is 23.9 Å². The van der Waals surface area contributed by atoms with Crippen molar-refractivity contribution < 1.29 is 9.53 Å². The molecule has 2 fully saturated rings. The first-order chi connectivity index (χ1) is 11.6. The summed E-state index contributed by atoms with van der Waals surface area (Å²) in [6.07, 6.45) is 3.52. The minimum atomic E-state index is 0.0946. The number of amides is 1. The predicted octanol–water partition coefficient (Wildman–Crippen LogP) is 1.81. The monoisotopic (exact) mass is 328 g/mol. The number of ether oxygens (including phenoxy) is 1. The highest BCUT2D eigenvalue weighted by Crippen LogP contribution is 2.25. The average Bonchev–Trinajstić information content (AvgIpc) is 2.60. The molecular weight excluding hydrogens is 304 g/mol. The number of morpholine rings is 1. The van der Waals surface area contributed by atoms with Crippen LogP contribution in [0, 0.1) is 17.2 Å². The Balaban J connectivity index is 1.56. The SMILES string of the molecule is CC1CN(C(=O)C2CCN(c3ccc(C#N)cn3)CC2)CC(C)O1. The van der Waals surface area contributed by atoms with Crippen LogP contribution in [0.5, 0.6) is 0 Å². The Morgan fingerprint density at radius 3 is 2.46 bits per heavy atom. The van der Waals surface area contributed by atoms with E-state index in [0.717, 1.165) is 31.7 Å². The molecule has 6 nitrogen and oxygen atoms in total. The number of carbonyl (C=O) groups excluding carboxylic acids is 1. The maximum atomic E-state index is 12.8. The van der Waals surface area contributed by atoms with Crippen molar-refractivity contribution in [1.82, 2.24) is 9.88 Å². The van der Waals surface area contributed by atoms with Gasteiger partial charge >= 0.3 is 0 Å². The van der Waals surface area contributed by atoms with Gasteiger partial charge in [-0.05, 0) is 38.8 Å². The van der Waals surface area contributed by atoms with Crippen LogP contribution in [0.15, 0.2) is 18.3 Å². The van der Waals surface area contributed by atoms with E-state index in [-0.39, 0.29) is 24.0 Å². The third kappa shape index (κ3) is 3.68. The number of aromatic nitrogens is 1. The number of nitriles is 1. The van der Waals surface area contributed by atoms with Gasteiger partial charge < -0.3 is 14.5 Å². The molecule has 0 spiro atoms. The van der Waals surface area contributed by atoms with Crippen molar-refractivity contribution in [2.45, 2.75) is 38.9 Å².